The van der Waals surface area contributed by atoms with E-state index in [0.717, 1.165) is 25.9 Å². The van der Waals surface area contributed by atoms with Crippen LogP contribution in [0.1, 0.15) is 26.7 Å². The van der Waals surface area contributed by atoms with Crippen molar-refractivity contribution in [1.82, 2.24) is 9.21 Å². The van der Waals surface area contributed by atoms with E-state index >= 15 is 0 Å². The van der Waals surface area contributed by atoms with Crippen LogP contribution in [0.25, 0.3) is 0 Å². The van der Waals surface area contributed by atoms with E-state index in [0.29, 0.717) is 12.3 Å². The third kappa shape index (κ3) is 3.43. The van der Waals surface area contributed by atoms with Gasteiger partial charge >= 0.3 is 0 Å². The molecule has 0 spiro atoms. The summed E-state index contributed by atoms with van der Waals surface area (Å²) in [6.07, 6.45) is 1.70. The Morgan fingerprint density at radius 1 is 1.33 bits per heavy atom. The van der Waals surface area contributed by atoms with E-state index in [2.05, 4.69) is 4.90 Å². The zero-order valence-corrected chi connectivity index (χ0v) is 10.8. The fraction of sp³-hybridized carbons (Fsp3) is 1.00. The lowest BCUT2D eigenvalue weighted by Gasteiger charge is -2.37. The maximum absolute atomic E-state index is 12.0. The van der Waals surface area contributed by atoms with Crippen molar-refractivity contribution in [2.75, 3.05) is 32.4 Å². The molecule has 0 saturated carbocycles. The van der Waals surface area contributed by atoms with Crippen LogP contribution in [0.2, 0.25) is 0 Å². The number of nitrogens with zero attached hydrogens (tertiary/aromatic N) is 2. The van der Waals surface area contributed by atoms with Crippen LogP contribution in [0.3, 0.4) is 0 Å². The van der Waals surface area contributed by atoms with Gasteiger partial charge in [-0.1, -0.05) is 13.3 Å². The summed E-state index contributed by atoms with van der Waals surface area (Å²) in [5, 5.41) is 0. The zero-order valence-electron chi connectivity index (χ0n) is 9.94. The Morgan fingerprint density at radius 3 is 2.53 bits per heavy atom. The van der Waals surface area contributed by atoms with Crippen molar-refractivity contribution < 1.29 is 8.42 Å². The van der Waals surface area contributed by atoms with Gasteiger partial charge in [0.05, 0.1) is 5.75 Å². The van der Waals surface area contributed by atoms with Gasteiger partial charge in [-0.05, 0) is 20.4 Å². The van der Waals surface area contributed by atoms with Crippen molar-refractivity contribution in [3.05, 3.63) is 0 Å². The van der Waals surface area contributed by atoms with Crippen LogP contribution < -0.4 is 0 Å². The van der Waals surface area contributed by atoms with Crippen molar-refractivity contribution in [3.8, 4) is 0 Å². The molecule has 0 amide bonds. The van der Waals surface area contributed by atoms with Crippen LogP contribution in [0.5, 0.6) is 0 Å². The van der Waals surface area contributed by atoms with Crippen LogP contribution in [-0.4, -0.2) is 56.1 Å². The molecule has 0 bridgehead atoms. The van der Waals surface area contributed by atoms with Crippen molar-refractivity contribution >= 4 is 10.0 Å². The molecule has 0 aliphatic carbocycles. The lowest BCUT2D eigenvalue weighted by atomic mass is 10.2. The van der Waals surface area contributed by atoms with E-state index in [4.69, 9.17) is 0 Å². The highest BCUT2D eigenvalue weighted by atomic mass is 32.2. The topological polar surface area (TPSA) is 40.6 Å². The lowest BCUT2D eigenvalue weighted by Crippen LogP contribution is -2.53. The second-order valence-corrected chi connectivity index (χ2v) is 6.43. The van der Waals surface area contributed by atoms with Gasteiger partial charge in [-0.15, -0.1) is 0 Å². The van der Waals surface area contributed by atoms with Gasteiger partial charge < -0.3 is 4.90 Å². The molecule has 1 saturated heterocycles. The summed E-state index contributed by atoms with van der Waals surface area (Å²) < 4.78 is 25.6. The average molecular weight is 234 g/mol. The molecular weight excluding hydrogens is 212 g/mol. The first-order chi connectivity index (χ1) is 6.97. The Kier molecular flexibility index (Phi) is 4.55. The van der Waals surface area contributed by atoms with Crippen molar-refractivity contribution in [3.63, 3.8) is 0 Å². The summed E-state index contributed by atoms with van der Waals surface area (Å²) in [5.74, 6) is 0.303. The van der Waals surface area contributed by atoms with Crippen LogP contribution in [0.15, 0.2) is 0 Å². The molecule has 1 heterocycles. The second kappa shape index (κ2) is 5.27. The largest absolute Gasteiger partial charge is 0.303 e. The van der Waals surface area contributed by atoms with Gasteiger partial charge in [0.2, 0.25) is 10.0 Å². The smallest absolute Gasteiger partial charge is 0.214 e. The highest BCUT2D eigenvalue weighted by Crippen LogP contribution is 2.14. The molecule has 0 aromatic carbocycles. The molecule has 0 N–H and O–H groups in total. The summed E-state index contributed by atoms with van der Waals surface area (Å²) in [4.78, 5) is 2.18. The molecular formula is C10H22N2O2S. The Balaban J connectivity index is 2.62. The molecule has 1 aliphatic heterocycles. The fourth-order valence-electron chi connectivity index (χ4n) is 1.98. The standard InChI is InChI=1S/C10H22N2O2S/c1-4-5-8-15(13,14)12-7-6-11(3)9-10(12)2/h10H,4-9H2,1-3H3. The van der Waals surface area contributed by atoms with E-state index < -0.39 is 10.0 Å². The number of unbranched alkanes of at least 4 members (excludes halogenated alkanes) is 1. The summed E-state index contributed by atoms with van der Waals surface area (Å²) >= 11 is 0. The van der Waals surface area contributed by atoms with Crippen LogP contribution in [0, 0.1) is 0 Å². The van der Waals surface area contributed by atoms with Crippen LogP contribution >= 0.6 is 0 Å². The fourth-order valence-corrected chi connectivity index (χ4v) is 3.84. The predicted molar refractivity (Wildman–Crippen MR) is 62.4 cm³/mol. The number of hydrogen-bond donors (Lipinski definition) is 0. The summed E-state index contributed by atoms with van der Waals surface area (Å²) in [7, 11) is -0.977. The number of hydrogen-bond acceptors (Lipinski definition) is 3. The van der Waals surface area contributed by atoms with Crippen molar-refractivity contribution in [2.45, 2.75) is 32.7 Å². The summed E-state index contributed by atoms with van der Waals surface area (Å²) in [6.45, 7) is 6.33. The third-order valence-electron chi connectivity index (χ3n) is 2.88. The van der Waals surface area contributed by atoms with Gasteiger partial charge in [0.15, 0.2) is 0 Å². The Morgan fingerprint density at radius 2 is 2.00 bits per heavy atom. The normalized spacial score (nSPS) is 25.7. The molecule has 15 heavy (non-hydrogen) atoms. The van der Waals surface area contributed by atoms with Gasteiger partial charge in [-0.3, -0.25) is 0 Å². The lowest BCUT2D eigenvalue weighted by molar-refractivity contribution is 0.170. The monoisotopic (exact) mass is 234 g/mol. The minimum Gasteiger partial charge on any atom is -0.303 e. The van der Waals surface area contributed by atoms with Gasteiger partial charge in [0.25, 0.3) is 0 Å². The molecule has 1 unspecified atom stereocenters. The minimum absolute atomic E-state index is 0.116. The highest BCUT2D eigenvalue weighted by Gasteiger charge is 2.30. The first-order valence-electron chi connectivity index (χ1n) is 5.65. The first-order valence-corrected chi connectivity index (χ1v) is 7.26. The number of sulfonamides is 1. The maximum Gasteiger partial charge on any atom is 0.214 e. The van der Waals surface area contributed by atoms with Gasteiger partial charge in [-0.2, -0.15) is 4.31 Å². The second-order valence-electron chi connectivity index (χ2n) is 4.39. The number of likely N-dealkylation sites (N-methyl/N-ethyl adjacent to an activating group) is 1. The van der Waals surface area contributed by atoms with Crippen molar-refractivity contribution in [1.29, 1.82) is 0 Å². The van der Waals surface area contributed by atoms with E-state index in [1.165, 1.54) is 0 Å². The van der Waals surface area contributed by atoms with Crippen LogP contribution in [-0.2, 0) is 10.0 Å². The van der Waals surface area contributed by atoms with E-state index in [1.54, 1.807) is 4.31 Å². The summed E-state index contributed by atoms with van der Waals surface area (Å²) in [5.41, 5.74) is 0. The van der Waals surface area contributed by atoms with Gasteiger partial charge in [0.1, 0.15) is 0 Å². The molecule has 4 nitrogen and oxygen atoms in total. The third-order valence-corrected chi connectivity index (χ3v) is 4.94. The molecule has 1 atom stereocenters. The molecule has 0 radical (unpaired) electrons. The zero-order chi connectivity index (χ0) is 11.5. The Hall–Kier alpha value is -0.130. The van der Waals surface area contributed by atoms with E-state index in [9.17, 15) is 8.42 Å². The molecule has 90 valence electrons. The minimum atomic E-state index is -3.01. The molecule has 0 aromatic rings. The van der Waals surface area contributed by atoms with Crippen LogP contribution in [0.4, 0.5) is 0 Å². The predicted octanol–water partition coefficient (Wildman–Crippen LogP) is 0.752. The maximum atomic E-state index is 12.0. The quantitative estimate of drug-likeness (QED) is 0.721. The number of rotatable bonds is 4. The van der Waals surface area contributed by atoms with Gasteiger partial charge in [0, 0.05) is 25.7 Å². The van der Waals surface area contributed by atoms with Crippen molar-refractivity contribution in [2.24, 2.45) is 0 Å². The highest BCUT2D eigenvalue weighted by molar-refractivity contribution is 7.89. The SMILES string of the molecule is CCCCS(=O)(=O)N1CCN(C)CC1C. The average Bonchev–Trinajstić information content (AvgIpc) is 2.14. The Labute approximate surface area is 93.3 Å². The van der Waals surface area contributed by atoms with E-state index in [1.807, 2.05) is 20.9 Å². The molecule has 1 rings (SSSR count). The molecule has 1 aliphatic rings. The molecule has 0 aromatic heterocycles. The molecule has 5 heteroatoms. The van der Waals surface area contributed by atoms with Gasteiger partial charge in [-0.25, -0.2) is 8.42 Å². The number of piperazine rings is 1. The first kappa shape index (κ1) is 12.9. The summed E-state index contributed by atoms with van der Waals surface area (Å²) in [6, 6.07) is 0.116. The molecule has 1 fully saturated rings. The van der Waals surface area contributed by atoms with E-state index in [-0.39, 0.29) is 6.04 Å². The Bertz CT molecular complexity index is 290.